The number of rotatable bonds is 1. The lowest BCUT2D eigenvalue weighted by Gasteiger charge is -2.16. The molecule has 2 heteroatoms. The molecule has 2 rings (SSSR count). The van der Waals surface area contributed by atoms with Gasteiger partial charge < -0.3 is 5.11 Å². The van der Waals surface area contributed by atoms with Crippen LogP contribution in [0.3, 0.4) is 0 Å². The van der Waals surface area contributed by atoms with E-state index >= 15 is 0 Å². The molecule has 2 aromatic rings. The first kappa shape index (κ1) is 13.3. The third-order valence-corrected chi connectivity index (χ3v) is 2.94. The highest BCUT2D eigenvalue weighted by atomic mass is 19.1. The van der Waals surface area contributed by atoms with Crippen LogP contribution in [0.15, 0.2) is 48.5 Å². The van der Waals surface area contributed by atoms with Crippen LogP contribution in [-0.2, 0) is 5.60 Å². The third kappa shape index (κ3) is 3.21. The van der Waals surface area contributed by atoms with Crippen LogP contribution >= 0.6 is 0 Å². The highest BCUT2D eigenvalue weighted by Crippen LogP contribution is 2.19. The van der Waals surface area contributed by atoms with Crippen LogP contribution in [0.25, 0.3) is 0 Å². The standard InChI is InChI=1S/C17H15FO/c1-13-12-14(8-9-16(13)18)10-11-17(2,19)15-6-4-3-5-7-15/h3-9,12,19H,1-2H3. The van der Waals surface area contributed by atoms with Gasteiger partial charge in [-0.2, -0.15) is 0 Å². The maximum atomic E-state index is 13.1. The van der Waals surface area contributed by atoms with E-state index in [0.717, 1.165) is 5.56 Å². The molecule has 2 aromatic carbocycles. The van der Waals surface area contributed by atoms with E-state index in [0.29, 0.717) is 11.1 Å². The van der Waals surface area contributed by atoms with Crippen molar-refractivity contribution in [3.8, 4) is 11.8 Å². The van der Waals surface area contributed by atoms with Crippen molar-refractivity contribution in [1.29, 1.82) is 0 Å². The predicted octanol–water partition coefficient (Wildman–Crippen LogP) is 3.39. The Kier molecular flexibility index (Phi) is 3.69. The summed E-state index contributed by atoms with van der Waals surface area (Å²) in [5.74, 6) is 5.46. The van der Waals surface area contributed by atoms with Gasteiger partial charge in [-0.1, -0.05) is 42.2 Å². The molecule has 0 aliphatic rings. The maximum absolute atomic E-state index is 13.1. The van der Waals surface area contributed by atoms with Crippen LogP contribution in [-0.4, -0.2) is 5.11 Å². The summed E-state index contributed by atoms with van der Waals surface area (Å²) in [5.41, 5.74) is 0.756. The Morgan fingerprint density at radius 1 is 1.11 bits per heavy atom. The second-order valence-corrected chi connectivity index (χ2v) is 4.65. The Hall–Kier alpha value is -2.11. The molecule has 0 radical (unpaired) electrons. The van der Waals surface area contributed by atoms with Crippen molar-refractivity contribution < 1.29 is 9.50 Å². The fourth-order valence-electron chi connectivity index (χ4n) is 1.75. The summed E-state index contributed by atoms with van der Waals surface area (Å²) in [4.78, 5) is 0. The largest absolute Gasteiger partial charge is 0.374 e. The van der Waals surface area contributed by atoms with Gasteiger partial charge in [-0.15, -0.1) is 0 Å². The smallest absolute Gasteiger partial charge is 0.148 e. The van der Waals surface area contributed by atoms with E-state index in [4.69, 9.17) is 0 Å². The van der Waals surface area contributed by atoms with Gasteiger partial charge in [0.25, 0.3) is 0 Å². The lowest BCUT2D eigenvalue weighted by Crippen LogP contribution is -2.18. The molecule has 0 bridgehead atoms. The summed E-state index contributed by atoms with van der Waals surface area (Å²) in [6.45, 7) is 3.33. The van der Waals surface area contributed by atoms with E-state index in [2.05, 4.69) is 11.8 Å². The summed E-state index contributed by atoms with van der Waals surface area (Å²) >= 11 is 0. The number of aryl methyl sites for hydroxylation is 1. The first-order valence-electron chi connectivity index (χ1n) is 6.06. The Morgan fingerprint density at radius 3 is 2.42 bits per heavy atom. The van der Waals surface area contributed by atoms with E-state index < -0.39 is 5.60 Å². The minimum atomic E-state index is -1.22. The zero-order valence-corrected chi connectivity index (χ0v) is 10.9. The van der Waals surface area contributed by atoms with Gasteiger partial charge in [-0.25, -0.2) is 4.39 Å². The number of benzene rings is 2. The number of hydrogen-bond acceptors (Lipinski definition) is 1. The highest BCUT2D eigenvalue weighted by molar-refractivity contribution is 5.41. The number of aliphatic hydroxyl groups is 1. The number of hydrogen-bond donors (Lipinski definition) is 1. The van der Waals surface area contributed by atoms with Crippen LogP contribution in [0, 0.1) is 24.6 Å². The Bertz CT molecular complexity index is 633. The van der Waals surface area contributed by atoms with Gasteiger partial charge in [0.2, 0.25) is 0 Å². The van der Waals surface area contributed by atoms with Gasteiger partial charge in [0.15, 0.2) is 0 Å². The Balaban J connectivity index is 2.30. The van der Waals surface area contributed by atoms with Crippen molar-refractivity contribution >= 4 is 0 Å². The second kappa shape index (κ2) is 5.26. The van der Waals surface area contributed by atoms with Gasteiger partial charge in [-0.3, -0.25) is 0 Å². The van der Waals surface area contributed by atoms with Gasteiger partial charge in [0, 0.05) is 5.56 Å². The highest BCUT2D eigenvalue weighted by Gasteiger charge is 2.19. The number of halogens is 1. The minimum absolute atomic E-state index is 0.250. The molecule has 0 amide bonds. The SMILES string of the molecule is Cc1cc(C#CC(C)(O)c2ccccc2)ccc1F. The van der Waals surface area contributed by atoms with E-state index in [1.807, 2.05) is 30.3 Å². The van der Waals surface area contributed by atoms with Crippen LogP contribution in [0.4, 0.5) is 4.39 Å². The van der Waals surface area contributed by atoms with Gasteiger partial charge in [-0.05, 0) is 43.2 Å². The topological polar surface area (TPSA) is 20.2 Å². The summed E-state index contributed by atoms with van der Waals surface area (Å²) < 4.78 is 13.1. The molecule has 0 fully saturated rings. The van der Waals surface area contributed by atoms with Crippen molar-refractivity contribution in [2.75, 3.05) is 0 Å². The van der Waals surface area contributed by atoms with Crippen molar-refractivity contribution in [3.05, 3.63) is 71.0 Å². The molecule has 0 saturated carbocycles. The van der Waals surface area contributed by atoms with Gasteiger partial charge >= 0.3 is 0 Å². The molecule has 1 N–H and O–H groups in total. The molecule has 1 unspecified atom stereocenters. The molecule has 19 heavy (non-hydrogen) atoms. The van der Waals surface area contributed by atoms with Crippen LogP contribution in [0.1, 0.15) is 23.6 Å². The summed E-state index contributed by atoms with van der Waals surface area (Å²) in [6.07, 6.45) is 0. The van der Waals surface area contributed by atoms with Gasteiger partial charge in [0.1, 0.15) is 11.4 Å². The zero-order valence-electron chi connectivity index (χ0n) is 10.9. The Morgan fingerprint density at radius 2 is 1.79 bits per heavy atom. The predicted molar refractivity (Wildman–Crippen MR) is 74.0 cm³/mol. The summed E-state index contributed by atoms with van der Waals surface area (Å²) in [6, 6.07) is 13.9. The van der Waals surface area contributed by atoms with E-state index in [9.17, 15) is 9.50 Å². The molecule has 0 heterocycles. The summed E-state index contributed by atoms with van der Waals surface area (Å²) in [7, 11) is 0. The van der Waals surface area contributed by atoms with Crippen molar-refractivity contribution in [2.45, 2.75) is 19.4 Å². The zero-order chi connectivity index (χ0) is 13.9. The average molecular weight is 254 g/mol. The molecule has 0 aliphatic carbocycles. The minimum Gasteiger partial charge on any atom is -0.374 e. The fourth-order valence-corrected chi connectivity index (χ4v) is 1.75. The fraction of sp³-hybridized carbons (Fsp3) is 0.176. The molecule has 0 saturated heterocycles. The molecular weight excluding hydrogens is 239 g/mol. The van der Waals surface area contributed by atoms with Crippen molar-refractivity contribution in [1.82, 2.24) is 0 Å². The molecule has 96 valence electrons. The molecule has 1 nitrogen and oxygen atoms in total. The van der Waals surface area contributed by atoms with E-state index in [1.165, 1.54) is 6.07 Å². The van der Waals surface area contributed by atoms with E-state index in [-0.39, 0.29) is 5.82 Å². The monoisotopic (exact) mass is 254 g/mol. The van der Waals surface area contributed by atoms with Crippen LogP contribution in [0.5, 0.6) is 0 Å². The molecule has 0 aliphatic heterocycles. The maximum Gasteiger partial charge on any atom is 0.148 e. The van der Waals surface area contributed by atoms with Crippen LogP contribution in [0.2, 0.25) is 0 Å². The lowest BCUT2D eigenvalue weighted by molar-refractivity contribution is 0.122. The van der Waals surface area contributed by atoms with E-state index in [1.54, 1.807) is 26.0 Å². The average Bonchev–Trinajstić information content (AvgIpc) is 2.41. The van der Waals surface area contributed by atoms with Crippen molar-refractivity contribution in [2.24, 2.45) is 0 Å². The molecule has 0 aromatic heterocycles. The normalized spacial score (nSPS) is 13.3. The Labute approximate surface area is 112 Å². The first-order chi connectivity index (χ1) is 8.99. The molecule has 1 atom stereocenters. The van der Waals surface area contributed by atoms with Gasteiger partial charge in [0.05, 0.1) is 0 Å². The van der Waals surface area contributed by atoms with Crippen molar-refractivity contribution in [3.63, 3.8) is 0 Å². The summed E-state index contributed by atoms with van der Waals surface area (Å²) in [5, 5.41) is 10.3. The molecular formula is C17H15FO. The van der Waals surface area contributed by atoms with Crippen LogP contribution < -0.4 is 0 Å². The third-order valence-electron chi connectivity index (χ3n) is 2.94. The molecule has 0 spiro atoms. The first-order valence-corrected chi connectivity index (χ1v) is 6.06. The second-order valence-electron chi connectivity index (χ2n) is 4.65. The quantitative estimate of drug-likeness (QED) is 0.773. The lowest BCUT2D eigenvalue weighted by atomic mass is 9.96.